The number of carbonyl (C=O) groups excluding carboxylic acids is 2. The van der Waals surface area contributed by atoms with Gasteiger partial charge in [0.05, 0.1) is 0 Å². The van der Waals surface area contributed by atoms with Crippen LogP contribution in [0.3, 0.4) is 0 Å². The SMILES string of the molecule is O=C(NC1SC2CN(C(=O)c3cc4c(C(F)F)cccc4[nH]3)CCC2N1C1CCCCCCC1)C1CCOCC1. The molecule has 7 nitrogen and oxygen atoms in total. The zero-order valence-corrected chi connectivity index (χ0v) is 23.8. The van der Waals surface area contributed by atoms with E-state index in [0.717, 1.165) is 32.1 Å². The molecule has 3 atom stereocenters. The molecule has 2 amide bonds. The van der Waals surface area contributed by atoms with Gasteiger partial charge in [-0.05, 0) is 44.2 Å². The molecule has 218 valence electrons. The molecule has 1 aromatic carbocycles. The second-order valence-electron chi connectivity index (χ2n) is 11.8. The number of aromatic nitrogens is 1. The van der Waals surface area contributed by atoms with Crippen LogP contribution in [0.2, 0.25) is 0 Å². The molecule has 10 heteroatoms. The number of ether oxygens (including phenoxy) is 1. The summed E-state index contributed by atoms with van der Waals surface area (Å²) in [5.74, 6) is -0.0341. The van der Waals surface area contributed by atoms with Crippen LogP contribution in [0.15, 0.2) is 24.3 Å². The van der Waals surface area contributed by atoms with E-state index < -0.39 is 6.43 Å². The largest absolute Gasteiger partial charge is 0.381 e. The molecule has 3 saturated heterocycles. The van der Waals surface area contributed by atoms with Gasteiger partial charge >= 0.3 is 0 Å². The summed E-state index contributed by atoms with van der Waals surface area (Å²) >= 11 is 1.79. The summed E-state index contributed by atoms with van der Waals surface area (Å²) in [5.41, 5.74) is 0.755. The first-order chi connectivity index (χ1) is 19.5. The van der Waals surface area contributed by atoms with E-state index in [2.05, 4.69) is 15.2 Å². The molecule has 3 unspecified atom stereocenters. The predicted molar refractivity (Wildman–Crippen MR) is 152 cm³/mol. The molecule has 3 aliphatic heterocycles. The van der Waals surface area contributed by atoms with E-state index in [0.29, 0.717) is 55.0 Å². The lowest BCUT2D eigenvalue weighted by Gasteiger charge is -2.42. The summed E-state index contributed by atoms with van der Waals surface area (Å²) in [6.07, 6.45) is 8.35. The Morgan fingerprint density at radius 2 is 1.77 bits per heavy atom. The van der Waals surface area contributed by atoms with Crippen molar-refractivity contribution in [1.82, 2.24) is 20.1 Å². The Balaban J connectivity index is 1.19. The van der Waals surface area contributed by atoms with Crippen LogP contribution in [0.5, 0.6) is 0 Å². The Bertz CT molecular complexity index is 1190. The van der Waals surface area contributed by atoms with E-state index in [1.807, 2.05) is 4.90 Å². The fraction of sp³-hybridized carbons (Fsp3) is 0.667. The standard InChI is InChI=1S/C30H40F2N4O3S/c31-27(32)21-9-6-10-23-22(21)17-24(33-23)29(38)35-14-11-25-26(18-35)40-30(34-28(37)19-12-15-39-16-13-19)36(25)20-7-4-2-1-3-5-8-20/h6,9-10,17,19-20,25-27,30,33H,1-5,7-8,11-16,18H2,(H,34,37). The zero-order valence-electron chi connectivity index (χ0n) is 23.0. The van der Waals surface area contributed by atoms with Crippen molar-refractivity contribution in [3.05, 3.63) is 35.5 Å². The van der Waals surface area contributed by atoms with Gasteiger partial charge < -0.3 is 19.9 Å². The van der Waals surface area contributed by atoms with Crippen LogP contribution in [0, 0.1) is 5.92 Å². The van der Waals surface area contributed by atoms with Crippen molar-refractivity contribution in [1.29, 1.82) is 0 Å². The van der Waals surface area contributed by atoms with Gasteiger partial charge in [0.1, 0.15) is 11.2 Å². The van der Waals surface area contributed by atoms with Crippen molar-refractivity contribution < 1.29 is 23.1 Å². The van der Waals surface area contributed by atoms with Gasteiger partial charge in [-0.3, -0.25) is 14.5 Å². The number of nitrogens with zero attached hydrogens (tertiary/aromatic N) is 2. The third-order valence-corrected chi connectivity index (χ3v) is 10.7. The van der Waals surface area contributed by atoms with E-state index in [1.165, 1.54) is 38.2 Å². The summed E-state index contributed by atoms with van der Waals surface area (Å²) in [7, 11) is 0. The fourth-order valence-electron chi connectivity index (χ4n) is 7.13. The van der Waals surface area contributed by atoms with Gasteiger partial charge in [-0.2, -0.15) is 0 Å². The summed E-state index contributed by atoms with van der Waals surface area (Å²) in [6.45, 7) is 2.47. The van der Waals surface area contributed by atoms with Crippen molar-refractivity contribution in [2.24, 2.45) is 5.92 Å². The molecule has 1 aliphatic carbocycles. The Hall–Kier alpha value is -2.17. The van der Waals surface area contributed by atoms with Crippen molar-refractivity contribution in [3.8, 4) is 0 Å². The predicted octanol–water partition coefficient (Wildman–Crippen LogP) is 5.68. The van der Waals surface area contributed by atoms with Crippen molar-refractivity contribution in [2.45, 2.75) is 93.5 Å². The van der Waals surface area contributed by atoms with Crippen molar-refractivity contribution in [3.63, 3.8) is 0 Å². The van der Waals surface area contributed by atoms with Crippen LogP contribution in [0.4, 0.5) is 8.78 Å². The van der Waals surface area contributed by atoms with E-state index in [9.17, 15) is 18.4 Å². The number of H-pyrrole nitrogens is 1. The monoisotopic (exact) mass is 574 g/mol. The molecular weight excluding hydrogens is 534 g/mol. The summed E-state index contributed by atoms with van der Waals surface area (Å²) < 4.78 is 32.6. The number of thioether (sulfide) groups is 1. The fourth-order valence-corrected chi connectivity index (χ4v) is 8.84. The molecule has 1 aromatic heterocycles. The Morgan fingerprint density at radius 3 is 2.52 bits per heavy atom. The molecule has 0 bridgehead atoms. The topological polar surface area (TPSA) is 77.7 Å². The minimum Gasteiger partial charge on any atom is -0.381 e. The highest BCUT2D eigenvalue weighted by Crippen LogP contribution is 2.43. The van der Waals surface area contributed by atoms with Crippen LogP contribution in [-0.4, -0.2) is 75.7 Å². The van der Waals surface area contributed by atoms with Crippen LogP contribution in [0.1, 0.15) is 86.7 Å². The van der Waals surface area contributed by atoms with Crippen LogP contribution < -0.4 is 5.32 Å². The second-order valence-corrected chi connectivity index (χ2v) is 13.1. The van der Waals surface area contributed by atoms with E-state index in [4.69, 9.17) is 4.74 Å². The maximum absolute atomic E-state index is 13.6. The number of benzene rings is 1. The van der Waals surface area contributed by atoms with Gasteiger partial charge in [-0.15, -0.1) is 11.8 Å². The molecule has 4 fully saturated rings. The highest BCUT2D eigenvalue weighted by Gasteiger charge is 2.48. The highest BCUT2D eigenvalue weighted by atomic mass is 32.2. The van der Waals surface area contributed by atoms with Gasteiger partial charge in [0.25, 0.3) is 12.3 Å². The number of hydrogen-bond donors (Lipinski definition) is 2. The average Bonchev–Trinajstić information content (AvgIpc) is 3.54. The van der Waals surface area contributed by atoms with Gasteiger partial charge in [0, 0.05) is 66.0 Å². The molecule has 6 rings (SSSR count). The number of fused-ring (bicyclic) bond motifs is 2. The summed E-state index contributed by atoms with van der Waals surface area (Å²) in [6, 6.07) is 7.04. The maximum Gasteiger partial charge on any atom is 0.270 e. The lowest BCUT2D eigenvalue weighted by Crippen LogP contribution is -2.56. The van der Waals surface area contributed by atoms with Gasteiger partial charge in [-0.25, -0.2) is 8.78 Å². The first-order valence-electron chi connectivity index (χ1n) is 15.0. The quantitative estimate of drug-likeness (QED) is 0.481. The number of piperidine rings is 1. The van der Waals surface area contributed by atoms with Gasteiger partial charge in [0.2, 0.25) is 5.91 Å². The number of aromatic amines is 1. The molecule has 4 aliphatic rings. The Morgan fingerprint density at radius 1 is 1.02 bits per heavy atom. The number of nitrogens with one attached hydrogen (secondary N) is 2. The van der Waals surface area contributed by atoms with E-state index in [-0.39, 0.29) is 34.0 Å². The molecular formula is C30H40F2N4O3S. The third-order valence-electron chi connectivity index (χ3n) is 9.29. The van der Waals surface area contributed by atoms with Gasteiger partial charge in [0.15, 0.2) is 0 Å². The number of amides is 2. The van der Waals surface area contributed by atoms with Crippen LogP contribution >= 0.6 is 11.8 Å². The minimum absolute atomic E-state index is 0.00520. The van der Waals surface area contributed by atoms with Crippen LogP contribution in [-0.2, 0) is 9.53 Å². The lowest BCUT2D eigenvalue weighted by atomic mass is 9.92. The molecule has 1 saturated carbocycles. The maximum atomic E-state index is 13.6. The number of hydrogen-bond acceptors (Lipinski definition) is 5. The number of carbonyl (C=O) groups is 2. The highest BCUT2D eigenvalue weighted by molar-refractivity contribution is 8.00. The normalized spacial score (nSPS) is 27.5. The van der Waals surface area contributed by atoms with Crippen molar-refractivity contribution >= 4 is 34.5 Å². The van der Waals surface area contributed by atoms with Crippen LogP contribution in [0.25, 0.3) is 10.9 Å². The lowest BCUT2D eigenvalue weighted by molar-refractivity contribution is -0.129. The first-order valence-corrected chi connectivity index (χ1v) is 15.9. The van der Waals surface area contributed by atoms with E-state index >= 15 is 0 Å². The molecule has 0 radical (unpaired) electrons. The number of rotatable bonds is 5. The smallest absolute Gasteiger partial charge is 0.270 e. The number of likely N-dealkylation sites (tertiary alicyclic amines) is 1. The number of halogens is 2. The Kier molecular flexibility index (Phi) is 8.65. The molecule has 4 heterocycles. The second kappa shape index (κ2) is 12.4. The molecule has 0 spiro atoms. The van der Waals surface area contributed by atoms with Gasteiger partial charge in [-0.1, -0.05) is 44.2 Å². The molecule has 2 N–H and O–H groups in total. The van der Waals surface area contributed by atoms with E-state index in [1.54, 1.807) is 30.0 Å². The first kappa shape index (κ1) is 28.0. The average molecular weight is 575 g/mol. The van der Waals surface area contributed by atoms with Crippen molar-refractivity contribution in [2.75, 3.05) is 26.3 Å². The minimum atomic E-state index is -2.60. The summed E-state index contributed by atoms with van der Waals surface area (Å²) in [5, 5.41) is 4.00. The number of alkyl halides is 2. The zero-order chi connectivity index (χ0) is 27.6. The third kappa shape index (κ3) is 5.77. The Labute approximate surface area is 238 Å². The molecule has 2 aromatic rings. The molecule has 40 heavy (non-hydrogen) atoms. The summed E-state index contributed by atoms with van der Waals surface area (Å²) in [4.78, 5) is 34.4.